The van der Waals surface area contributed by atoms with E-state index < -0.39 is 24.0 Å². The van der Waals surface area contributed by atoms with Crippen LogP contribution >= 0.6 is 0 Å². The number of aromatic nitrogens is 4. The van der Waals surface area contributed by atoms with E-state index in [1.54, 1.807) is 6.92 Å². The first-order chi connectivity index (χ1) is 9.99. The molecule has 0 spiro atoms. The van der Waals surface area contributed by atoms with Crippen LogP contribution in [0.3, 0.4) is 0 Å². The molecule has 9 heteroatoms. The summed E-state index contributed by atoms with van der Waals surface area (Å²) in [4.78, 5) is 32.8. The van der Waals surface area contributed by atoms with Crippen molar-refractivity contribution in [3.05, 3.63) is 23.8 Å². The zero-order valence-corrected chi connectivity index (χ0v) is 11.2. The first-order valence-electron chi connectivity index (χ1n) is 6.36. The zero-order valence-electron chi connectivity index (χ0n) is 11.2. The van der Waals surface area contributed by atoms with Crippen LogP contribution in [0.1, 0.15) is 22.5 Å². The minimum Gasteiger partial charge on any atom is -0.480 e. The summed E-state index contributed by atoms with van der Waals surface area (Å²) >= 11 is 0. The number of carbonyl (C=O) groups excluding carboxylic acids is 1. The normalized spacial score (nSPS) is 21.9. The Morgan fingerprint density at radius 2 is 2.14 bits per heavy atom. The molecule has 2 atom stereocenters. The fourth-order valence-electron chi connectivity index (χ4n) is 2.53. The van der Waals surface area contributed by atoms with Gasteiger partial charge in [0.2, 0.25) is 0 Å². The highest BCUT2D eigenvalue weighted by Crippen LogP contribution is 2.22. The monoisotopic (exact) mass is 291 g/mol. The number of aliphatic carboxylic acids is 1. The molecule has 1 saturated heterocycles. The molecule has 2 N–H and O–H groups in total. The van der Waals surface area contributed by atoms with E-state index in [4.69, 9.17) is 5.11 Å². The van der Waals surface area contributed by atoms with Crippen LogP contribution in [0.25, 0.3) is 5.78 Å². The molecule has 1 fully saturated rings. The maximum absolute atomic E-state index is 12.5. The Balaban J connectivity index is 2.00. The van der Waals surface area contributed by atoms with Crippen molar-refractivity contribution < 1.29 is 19.8 Å². The van der Waals surface area contributed by atoms with Crippen LogP contribution < -0.4 is 0 Å². The number of carboxylic acid groups (broad SMARTS) is 1. The number of aryl methyl sites for hydroxylation is 1. The smallest absolute Gasteiger partial charge is 0.326 e. The molecule has 3 rings (SSSR count). The van der Waals surface area contributed by atoms with Gasteiger partial charge in [-0.1, -0.05) is 0 Å². The molecular weight excluding hydrogens is 278 g/mol. The lowest BCUT2D eigenvalue weighted by Crippen LogP contribution is -2.41. The predicted molar refractivity (Wildman–Crippen MR) is 68.6 cm³/mol. The Labute approximate surface area is 118 Å². The van der Waals surface area contributed by atoms with Crippen molar-refractivity contribution in [2.45, 2.75) is 25.5 Å². The number of rotatable bonds is 2. The van der Waals surface area contributed by atoms with Crippen molar-refractivity contribution in [1.29, 1.82) is 0 Å². The molecule has 0 aliphatic carbocycles. The molecule has 0 aromatic carbocycles. The number of β-amino-alcohol motifs (C(OH)–C–C–N with tert-alkyl or cyclic N) is 1. The number of carboxylic acids is 1. The number of amides is 1. The molecule has 1 amide bonds. The standard InChI is InChI=1S/C12H13N5O4/c1-6-8(3-13-12-14-5-15-17(6)12)10(19)16-4-7(18)2-9(16)11(20)21/h3,5,7,9,18H,2,4H2,1H3,(H,20,21)/t7-,9-/m1/s1. The van der Waals surface area contributed by atoms with Gasteiger partial charge in [0.25, 0.3) is 11.7 Å². The minimum absolute atomic E-state index is 0.00929. The summed E-state index contributed by atoms with van der Waals surface area (Å²) in [5.41, 5.74) is 0.765. The number of fused-ring (bicyclic) bond motifs is 1. The van der Waals surface area contributed by atoms with Gasteiger partial charge in [-0.3, -0.25) is 4.79 Å². The van der Waals surface area contributed by atoms with Gasteiger partial charge in [0, 0.05) is 19.2 Å². The molecule has 110 valence electrons. The molecule has 0 saturated carbocycles. The lowest BCUT2D eigenvalue weighted by Gasteiger charge is -2.21. The zero-order chi connectivity index (χ0) is 15.1. The van der Waals surface area contributed by atoms with Crippen molar-refractivity contribution in [2.24, 2.45) is 0 Å². The number of nitrogens with zero attached hydrogens (tertiary/aromatic N) is 5. The SMILES string of the molecule is Cc1c(C(=O)N2C[C@H](O)C[C@@H]2C(=O)O)cnc2ncnn12. The summed E-state index contributed by atoms with van der Waals surface area (Å²) in [6, 6.07) is -1.03. The maximum Gasteiger partial charge on any atom is 0.326 e. The lowest BCUT2D eigenvalue weighted by atomic mass is 10.1. The van der Waals surface area contributed by atoms with E-state index in [9.17, 15) is 14.7 Å². The first kappa shape index (κ1) is 13.4. The molecule has 21 heavy (non-hydrogen) atoms. The summed E-state index contributed by atoms with van der Waals surface area (Å²) in [7, 11) is 0. The number of aliphatic hydroxyl groups is 1. The van der Waals surface area contributed by atoms with Crippen LogP contribution in [0, 0.1) is 6.92 Å². The van der Waals surface area contributed by atoms with Gasteiger partial charge in [-0.15, -0.1) is 0 Å². The second-order valence-corrected chi connectivity index (χ2v) is 4.93. The highest BCUT2D eigenvalue weighted by atomic mass is 16.4. The average Bonchev–Trinajstić information content (AvgIpc) is 3.05. The van der Waals surface area contributed by atoms with Gasteiger partial charge in [0.15, 0.2) is 0 Å². The van der Waals surface area contributed by atoms with E-state index >= 15 is 0 Å². The largest absolute Gasteiger partial charge is 0.480 e. The summed E-state index contributed by atoms with van der Waals surface area (Å²) in [5, 5.41) is 22.7. The molecule has 0 radical (unpaired) electrons. The third kappa shape index (κ3) is 2.11. The topological polar surface area (TPSA) is 121 Å². The second kappa shape index (κ2) is 4.77. The summed E-state index contributed by atoms with van der Waals surface area (Å²) in [6.45, 7) is 1.67. The van der Waals surface area contributed by atoms with E-state index in [1.807, 2.05) is 0 Å². The van der Waals surface area contributed by atoms with E-state index in [0.717, 1.165) is 4.90 Å². The van der Waals surface area contributed by atoms with Crippen molar-refractivity contribution >= 4 is 17.7 Å². The molecule has 2 aromatic heterocycles. The van der Waals surface area contributed by atoms with Crippen LogP contribution in [-0.4, -0.2) is 65.3 Å². The molecule has 1 aliphatic rings. The minimum atomic E-state index is -1.13. The van der Waals surface area contributed by atoms with Crippen molar-refractivity contribution in [2.75, 3.05) is 6.54 Å². The van der Waals surface area contributed by atoms with E-state index in [2.05, 4.69) is 15.1 Å². The second-order valence-electron chi connectivity index (χ2n) is 4.93. The van der Waals surface area contributed by atoms with Gasteiger partial charge >= 0.3 is 5.97 Å². The highest BCUT2D eigenvalue weighted by molar-refractivity contribution is 5.97. The number of carbonyl (C=O) groups is 2. The van der Waals surface area contributed by atoms with E-state index in [-0.39, 0.29) is 18.5 Å². The van der Waals surface area contributed by atoms with Gasteiger partial charge in [0.1, 0.15) is 12.4 Å². The number of likely N-dealkylation sites (tertiary alicyclic amines) is 1. The van der Waals surface area contributed by atoms with Crippen molar-refractivity contribution in [3.8, 4) is 0 Å². The van der Waals surface area contributed by atoms with Gasteiger partial charge in [-0.25, -0.2) is 14.3 Å². The predicted octanol–water partition coefficient (Wildman–Crippen LogP) is -0.907. The highest BCUT2D eigenvalue weighted by Gasteiger charge is 2.39. The quantitative estimate of drug-likeness (QED) is 0.734. The summed E-state index contributed by atoms with van der Waals surface area (Å²) in [5.74, 6) is -1.26. The van der Waals surface area contributed by atoms with E-state index in [0.29, 0.717) is 11.5 Å². The van der Waals surface area contributed by atoms with Crippen molar-refractivity contribution in [1.82, 2.24) is 24.5 Å². The molecule has 9 nitrogen and oxygen atoms in total. The Bertz CT molecular complexity index is 728. The third-order valence-corrected chi connectivity index (χ3v) is 3.60. The van der Waals surface area contributed by atoms with Gasteiger partial charge < -0.3 is 15.1 Å². The Morgan fingerprint density at radius 1 is 1.38 bits per heavy atom. The molecule has 2 aromatic rings. The molecule has 0 unspecified atom stereocenters. The Morgan fingerprint density at radius 3 is 2.86 bits per heavy atom. The van der Waals surface area contributed by atoms with Gasteiger partial charge in [0.05, 0.1) is 17.4 Å². The fraction of sp³-hybridized carbons (Fsp3) is 0.417. The van der Waals surface area contributed by atoms with Gasteiger partial charge in [-0.05, 0) is 6.92 Å². The Hall–Kier alpha value is -2.55. The van der Waals surface area contributed by atoms with Gasteiger partial charge in [-0.2, -0.15) is 10.1 Å². The van der Waals surface area contributed by atoms with Crippen LogP contribution in [0.4, 0.5) is 0 Å². The maximum atomic E-state index is 12.5. The third-order valence-electron chi connectivity index (χ3n) is 3.60. The summed E-state index contributed by atoms with van der Waals surface area (Å²) < 4.78 is 1.41. The molecule has 1 aliphatic heterocycles. The first-order valence-corrected chi connectivity index (χ1v) is 6.36. The van der Waals surface area contributed by atoms with E-state index in [1.165, 1.54) is 17.0 Å². The summed E-state index contributed by atoms with van der Waals surface area (Å²) in [6.07, 6.45) is 1.87. The number of hydrogen-bond acceptors (Lipinski definition) is 6. The van der Waals surface area contributed by atoms with Crippen LogP contribution in [0.5, 0.6) is 0 Å². The molecule has 3 heterocycles. The number of hydrogen-bond donors (Lipinski definition) is 2. The number of aliphatic hydroxyl groups excluding tert-OH is 1. The molecular formula is C12H13N5O4. The van der Waals surface area contributed by atoms with Crippen LogP contribution in [0.2, 0.25) is 0 Å². The van der Waals surface area contributed by atoms with Crippen molar-refractivity contribution in [3.63, 3.8) is 0 Å². The average molecular weight is 291 g/mol. The lowest BCUT2D eigenvalue weighted by molar-refractivity contribution is -0.141. The fourth-order valence-corrected chi connectivity index (χ4v) is 2.53. The van der Waals surface area contributed by atoms with Crippen LogP contribution in [0.15, 0.2) is 12.5 Å². The Kier molecular flexibility index (Phi) is 3.05. The molecule has 0 bridgehead atoms. The van der Waals surface area contributed by atoms with Crippen LogP contribution in [-0.2, 0) is 4.79 Å².